The summed E-state index contributed by atoms with van der Waals surface area (Å²) in [5, 5.41) is 1.44. The second kappa shape index (κ2) is 6.01. The molecule has 0 aliphatic carbocycles. The number of para-hydroxylation sites is 1. The molecule has 2 aromatic heterocycles. The Morgan fingerprint density at radius 2 is 1.50 bits per heavy atom. The van der Waals surface area contributed by atoms with Crippen LogP contribution >= 0.6 is 0 Å². The molecule has 0 saturated heterocycles. The molecule has 0 amide bonds. The van der Waals surface area contributed by atoms with Gasteiger partial charge in [-0.1, -0.05) is 18.2 Å². The van der Waals surface area contributed by atoms with Crippen LogP contribution in [-0.4, -0.2) is 22.9 Å². The Labute approximate surface area is 169 Å². The summed E-state index contributed by atoms with van der Waals surface area (Å²) in [5.74, 6) is 0. The molecule has 0 aliphatic heterocycles. The van der Waals surface area contributed by atoms with E-state index in [0.717, 1.165) is 0 Å². The van der Waals surface area contributed by atoms with E-state index in [2.05, 4.69) is 9.97 Å². The summed E-state index contributed by atoms with van der Waals surface area (Å²) < 4.78 is 33.4. The molecule has 5 rings (SSSR count). The average molecular weight is 420 g/mol. The molecular weight excluding hydrogens is 404 g/mol. The second-order valence-electron chi connectivity index (χ2n) is 7.41. The molecule has 5 aromatic rings. The maximum Gasteiger partial charge on any atom is 0.296 e. The molecule has 8 heteroatoms. The van der Waals surface area contributed by atoms with Gasteiger partial charge in [-0.05, 0) is 49.2 Å². The highest BCUT2D eigenvalue weighted by Crippen LogP contribution is 2.29. The fourth-order valence-electron chi connectivity index (χ4n) is 4.20. The minimum Gasteiger partial charge on any atom is -0.354 e. The molecule has 0 unspecified atom stereocenters. The normalized spacial score (nSPS) is 12.4. The van der Waals surface area contributed by atoms with Crippen molar-refractivity contribution in [1.82, 2.24) is 9.97 Å². The summed E-state index contributed by atoms with van der Waals surface area (Å²) in [5.41, 5.74) is 2.11. The molecule has 0 spiro atoms. The van der Waals surface area contributed by atoms with Crippen molar-refractivity contribution in [2.45, 2.75) is 18.7 Å². The maximum absolute atomic E-state index is 13.3. The first-order valence-corrected chi connectivity index (χ1v) is 10.6. The van der Waals surface area contributed by atoms with Crippen LogP contribution in [0.15, 0.2) is 56.9 Å². The molecular formula is C22H16N2O5S. The van der Waals surface area contributed by atoms with Gasteiger partial charge in [-0.15, -0.1) is 0 Å². The molecule has 3 N–H and O–H groups in total. The second-order valence-corrected chi connectivity index (χ2v) is 8.80. The summed E-state index contributed by atoms with van der Waals surface area (Å²) in [6, 6.07) is 11.5. The van der Waals surface area contributed by atoms with E-state index in [1.54, 1.807) is 38.1 Å². The minimum absolute atomic E-state index is 0.0228. The number of hydrogen-bond acceptors (Lipinski definition) is 4. The number of benzene rings is 3. The van der Waals surface area contributed by atoms with E-state index < -0.39 is 10.1 Å². The predicted molar refractivity (Wildman–Crippen MR) is 117 cm³/mol. The van der Waals surface area contributed by atoms with Crippen LogP contribution < -0.4 is 10.9 Å². The highest BCUT2D eigenvalue weighted by atomic mass is 32.2. The Balaban J connectivity index is 2.10. The predicted octanol–water partition coefficient (Wildman–Crippen LogP) is 3.54. The largest absolute Gasteiger partial charge is 0.354 e. The Kier molecular flexibility index (Phi) is 3.71. The van der Waals surface area contributed by atoms with Gasteiger partial charge in [0.15, 0.2) is 10.9 Å². The molecule has 7 nitrogen and oxygen atoms in total. The number of H-pyrrole nitrogens is 2. The standard InChI is InChI=1S/C22H16N2O5S/c1-10-7-8-16(30(27,28)29)20-17(10)22(26)13-9-15-18(11(2)19(13)24-20)21(25)12-5-3-4-6-14(12)23-15/h3-9H,1-2H3,(H,23,25)(H,24,26)(H,27,28,29). The van der Waals surface area contributed by atoms with Gasteiger partial charge in [0.25, 0.3) is 10.1 Å². The van der Waals surface area contributed by atoms with Gasteiger partial charge in [0.05, 0.1) is 27.3 Å². The third-order valence-corrected chi connectivity index (χ3v) is 6.52. The molecule has 0 fully saturated rings. The molecule has 0 saturated carbocycles. The van der Waals surface area contributed by atoms with E-state index in [0.29, 0.717) is 43.8 Å². The van der Waals surface area contributed by atoms with Crippen LogP contribution in [0.3, 0.4) is 0 Å². The van der Waals surface area contributed by atoms with Crippen LogP contribution in [0.4, 0.5) is 0 Å². The molecule has 0 aliphatic rings. The third-order valence-electron chi connectivity index (χ3n) is 5.62. The van der Waals surface area contributed by atoms with Gasteiger partial charge in [0.1, 0.15) is 4.90 Å². The molecule has 150 valence electrons. The Morgan fingerprint density at radius 3 is 2.23 bits per heavy atom. The molecule has 0 atom stereocenters. The number of pyridine rings is 2. The van der Waals surface area contributed by atoms with E-state index in [-0.39, 0.29) is 26.7 Å². The van der Waals surface area contributed by atoms with Crippen LogP contribution in [0.5, 0.6) is 0 Å². The van der Waals surface area contributed by atoms with Crippen LogP contribution in [0.2, 0.25) is 0 Å². The van der Waals surface area contributed by atoms with Gasteiger partial charge in [-0.25, -0.2) is 0 Å². The number of rotatable bonds is 1. The van der Waals surface area contributed by atoms with Crippen molar-refractivity contribution in [3.05, 3.63) is 74.0 Å². The Hall–Kier alpha value is -3.49. The van der Waals surface area contributed by atoms with E-state index in [9.17, 15) is 22.6 Å². The Morgan fingerprint density at radius 1 is 0.800 bits per heavy atom. The van der Waals surface area contributed by atoms with Gasteiger partial charge < -0.3 is 9.97 Å². The van der Waals surface area contributed by atoms with Crippen LogP contribution in [0, 0.1) is 13.8 Å². The lowest BCUT2D eigenvalue weighted by molar-refractivity contribution is 0.484. The summed E-state index contributed by atoms with van der Waals surface area (Å²) >= 11 is 0. The van der Waals surface area contributed by atoms with Crippen molar-refractivity contribution >= 4 is 53.7 Å². The highest BCUT2D eigenvalue weighted by Gasteiger charge is 2.20. The quantitative estimate of drug-likeness (QED) is 0.283. The van der Waals surface area contributed by atoms with Crippen LogP contribution in [0.25, 0.3) is 43.6 Å². The number of aromatic amines is 2. The zero-order chi connectivity index (χ0) is 21.4. The third kappa shape index (κ3) is 2.44. The smallest absolute Gasteiger partial charge is 0.296 e. The Bertz CT molecular complexity index is 1780. The van der Waals surface area contributed by atoms with Crippen LogP contribution in [-0.2, 0) is 10.1 Å². The van der Waals surface area contributed by atoms with E-state index in [4.69, 9.17) is 0 Å². The van der Waals surface area contributed by atoms with Gasteiger partial charge in [-0.2, -0.15) is 8.42 Å². The first kappa shape index (κ1) is 18.5. The van der Waals surface area contributed by atoms with Gasteiger partial charge in [0.2, 0.25) is 0 Å². The van der Waals surface area contributed by atoms with Crippen molar-refractivity contribution in [3.63, 3.8) is 0 Å². The first-order chi connectivity index (χ1) is 14.2. The maximum atomic E-state index is 13.3. The number of hydrogen-bond donors (Lipinski definition) is 3. The number of fused-ring (bicyclic) bond motifs is 4. The lowest BCUT2D eigenvalue weighted by Crippen LogP contribution is -2.12. The van der Waals surface area contributed by atoms with Crippen molar-refractivity contribution < 1.29 is 13.0 Å². The topological polar surface area (TPSA) is 120 Å². The number of aryl methyl sites for hydroxylation is 2. The zero-order valence-corrected chi connectivity index (χ0v) is 16.8. The lowest BCUT2D eigenvalue weighted by atomic mass is 9.99. The fraction of sp³-hybridized carbons (Fsp3) is 0.0909. The molecule has 2 heterocycles. The SMILES string of the molecule is Cc1c2[nH]c3c(S(=O)(=O)O)ccc(C)c3c(=O)c2cc2[nH]c3ccccc3c(=O)c12. The van der Waals surface area contributed by atoms with Crippen molar-refractivity contribution in [2.75, 3.05) is 0 Å². The van der Waals surface area contributed by atoms with Crippen LogP contribution in [0.1, 0.15) is 11.1 Å². The molecule has 0 bridgehead atoms. The van der Waals surface area contributed by atoms with Crippen molar-refractivity contribution in [2.24, 2.45) is 0 Å². The monoisotopic (exact) mass is 420 g/mol. The fourth-order valence-corrected chi connectivity index (χ4v) is 4.85. The van der Waals surface area contributed by atoms with Crippen molar-refractivity contribution in [1.29, 1.82) is 0 Å². The molecule has 0 radical (unpaired) electrons. The van der Waals surface area contributed by atoms with E-state index in [1.165, 1.54) is 12.1 Å². The van der Waals surface area contributed by atoms with Gasteiger partial charge >= 0.3 is 0 Å². The average Bonchev–Trinajstić information content (AvgIpc) is 2.68. The zero-order valence-electron chi connectivity index (χ0n) is 16.0. The molecule has 3 aromatic carbocycles. The summed E-state index contributed by atoms with van der Waals surface area (Å²) in [4.78, 5) is 32.3. The summed E-state index contributed by atoms with van der Waals surface area (Å²) in [7, 11) is -4.56. The summed E-state index contributed by atoms with van der Waals surface area (Å²) in [6.45, 7) is 3.40. The number of nitrogens with one attached hydrogen (secondary N) is 2. The first-order valence-electron chi connectivity index (χ1n) is 9.19. The van der Waals surface area contributed by atoms with E-state index in [1.807, 2.05) is 6.07 Å². The summed E-state index contributed by atoms with van der Waals surface area (Å²) in [6.07, 6.45) is 0. The van der Waals surface area contributed by atoms with Gasteiger partial charge in [0, 0.05) is 16.3 Å². The highest BCUT2D eigenvalue weighted by molar-refractivity contribution is 7.86. The lowest BCUT2D eigenvalue weighted by Gasteiger charge is -2.12. The number of aromatic nitrogens is 2. The van der Waals surface area contributed by atoms with E-state index >= 15 is 0 Å². The van der Waals surface area contributed by atoms with Crippen molar-refractivity contribution in [3.8, 4) is 0 Å². The molecule has 30 heavy (non-hydrogen) atoms. The minimum atomic E-state index is -4.56. The van der Waals surface area contributed by atoms with Gasteiger partial charge in [-0.3, -0.25) is 14.1 Å².